The summed E-state index contributed by atoms with van der Waals surface area (Å²) in [5, 5.41) is 13.4. The Hall–Kier alpha value is -2.50. The van der Waals surface area contributed by atoms with Crippen LogP contribution in [0.3, 0.4) is 0 Å². The first-order chi connectivity index (χ1) is 12.4. The Bertz CT molecular complexity index is 803. The van der Waals surface area contributed by atoms with Crippen LogP contribution in [0.4, 0.5) is 5.69 Å². The predicted octanol–water partition coefficient (Wildman–Crippen LogP) is 4.50. The minimum absolute atomic E-state index is 0.240. The number of hydrogen-bond acceptors (Lipinski definition) is 4. The van der Waals surface area contributed by atoms with Crippen molar-refractivity contribution in [3.63, 3.8) is 0 Å². The number of anilines is 1. The monoisotopic (exact) mass is 393 g/mol. The van der Waals surface area contributed by atoms with Gasteiger partial charge in [0.05, 0.1) is 15.7 Å². The average Bonchev–Trinajstić information content (AvgIpc) is 2.62. The number of ether oxygens (including phenoxy) is 1. The van der Waals surface area contributed by atoms with Crippen LogP contribution in [0.25, 0.3) is 0 Å². The molecule has 0 bridgehead atoms. The summed E-state index contributed by atoms with van der Waals surface area (Å²) in [6, 6.07) is 13.2. The second-order valence-electron chi connectivity index (χ2n) is 5.41. The van der Waals surface area contributed by atoms with Gasteiger partial charge < -0.3 is 15.2 Å². The topological polar surface area (TPSA) is 75.6 Å². The molecule has 0 aliphatic rings. The van der Waals surface area contributed by atoms with E-state index in [0.717, 1.165) is 0 Å². The lowest BCUT2D eigenvalue weighted by Crippen LogP contribution is -2.48. The lowest BCUT2D eigenvalue weighted by Gasteiger charge is -2.32. The lowest BCUT2D eigenvalue weighted by molar-refractivity contribution is -0.149. The molecule has 0 aromatic heterocycles. The van der Waals surface area contributed by atoms with Gasteiger partial charge in [0, 0.05) is 6.08 Å². The molecular weight excluding hydrogens is 377 g/mol. The number of carbonyl (C=O) groups is 2. The maximum Gasteiger partial charge on any atom is 0.337 e. The number of benzene rings is 2. The Morgan fingerprint density at radius 3 is 2.27 bits per heavy atom. The fourth-order valence-corrected chi connectivity index (χ4v) is 2.84. The zero-order valence-electron chi connectivity index (χ0n) is 13.9. The van der Waals surface area contributed by atoms with Gasteiger partial charge in [0.15, 0.2) is 5.54 Å². The smallest absolute Gasteiger partial charge is 0.337 e. The average molecular weight is 394 g/mol. The second kappa shape index (κ2) is 8.74. The molecule has 7 heteroatoms. The van der Waals surface area contributed by atoms with Gasteiger partial charge in [-0.15, -0.1) is 0 Å². The number of halogens is 2. The van der Waals surface area contributed by atoms with Crippen LogP contribution in [0, 0.1) is 0 Å². The molecular formula is C19H17Cl2NO4. The van der Waals surface area contributed by atoms with Crippen LogP contribution in [-0.4, -0.2) is 23.7 Å². The molecule has 2 aromatic rings. The highest BCUT2D eigenvalue weighted by Crippen LogP contribution is 2.36. The Morgan fingerprint density at radius 1 is 1.12 bits per heavy atom. The van der Waals surface area contributed by atoms with Gasteiger partial charge in [-0.3, -0.25) is 0 Å². The molecule has 0 aliphatic heterocycles. The molecule has 1 unspecified atom stereocenters. The SMILES string of the molecule is CC=CC(=O)OCC(Nc1c(Cl)cccc1Cl)(C(=O)O)c1ccccc1. The van der Waals surface area contributed by atoms with Crippen molar-refractivity contribution < 1.29 is 19.4 Å². The first-order valence-corrected chi connectivity index (χ1v) is 8.47. The van der Waals surface area contributed by atoms with Crippen molar-refractivity contribution in [1.82, 2.24) is 0 Å². The van der Waals surface area contributed by atoms with Crippen molar-refractivity contribution in [3.05, 3.63) is 76.3 Å². The third-order valence-electron chi connectivity index (χ3n) is 3.67. The van der Waals surface area contributed by atoms with Crippen LogP contribution in [-0.2, 0) is 19.9 Å². The molecule has 2 rings (SSSR count). The Balaban J connectivity index is 2.52. The number of rotatable bonds is 7. The number of hydrogen-bond donors (Lipinski definition) is 2. The van der Waals surface area contributed by atoms with Crippen molar-refractivity contribution in [2.45, 2.75) is 12.5 Å². The third-order valence-corrected chi connectivity index (χ3v) is 4.30. The predicted molar refractivity (Wildman–Crippen MR) is 102 cm³/mol. The molecule has 136 valence electrons. The fourth-order valence-electron chi connectivity index (χ4n) is 2.35. The number of aliphatic carboxylic acids is 1. The van der Waals surface area contributed by atoms with Crippen LogP contribution in [0.1, 0.15) is 12.5 Å². The van der Waals surface area contributed by atoms with Gasteiger partial charge in [-0.25, -0.2) is 9.59 Å². The van der Waals surface area contributed by atoms with E-state index >= 15 is 0 Å². The highest BCUT2D eigenvalue weighted by atomic mass is 35.5. The van der Waals surface area contributed by atoms with E-state index in [1.807, 2.05) is 0 Å². The van der Waals surface area contributed by atoms with Crippen molar-refractivity contribution in [2.24, 2.45) is 0 Å². The summed E-state index contributed by atoms with van der Waals surface area (Å²) in [5.41, 5.74) is -1.14. The van der Waals surface area contributed by atoms with Gasteiger partial charge >= 0.3 is 11.9 Å². The fraction of sp³-hybridized carbons (Fsp3) is 0.158. The van der Waals surface area contributed by atoms with Gasteiger partial charge in [0.1, 0.15) is 6.61 Å². The number of carboxylic acids is 1. The van der Waals surface area contributed by atoms with Crippen molar-refractivity contribution in [3.8, 4) is 0 Å². The summed E-state index contributed by atoms with van der Waals surface area (Å²) in [7, 11) is 0. The first-order valence-electron chi connectivity index (χ1n) is 7.71. The Labute approximate surface area is 161 Å². The van der Waals surface area contributed by atoms with Crippen LogP contribution < -0.4 is 5.32 Å². The molecule has 2 aromatic carbocycles. The molecule has 0 heterocycles. The zero-order valence-corrected chi connectivity index (χ0v) is 15.4. The minimum atomic E-state index is -1.77. The lowest BCUT2D eigenvalue weighted by atomic mass is 9.90. The Morgan fingerprint density at radius 2 is 1.73 bits per heavy atom. The second-order valence-corrected chi connectivity index (χ2v) is 6.22. The normalized spacial score (nSPS) is 13.2. The summed E-state index contributed by atoms with van der Waals surface area (Å²) >= 11 is 12.4. The quantitative estimate of drug-likeness (QED) is 0.534. The maximum absolute atomic E-state index is 12.3. The van der Waals surface area contributed by atoms with E-state index in [-0.39, 0.29) is 15.7 Å². The number of esters is 1. The van der Waals surface area contributed by atoms with Crippen LogP contribution in [0.2, 0.25) is 10.0 Å². The molecule has 0 saturated carbocycles. The number of carboxylic acid groups (broad SMARTS) is 1. The summed E-state index contributed by atoms with van der Waals surface area (Å²) in [6.45, 7) is 1.20. The molecule has 26 heavy (non-hydrogen) atoms. The van der Waals surface area contributed by atoms with Gasteiger partial charge in [-0.05, 0) is 24.6 Å². The zero-order chi connectivity index (χ0) is 19.2. The molecule has 0 saturated heterocycles. The van der Waals surface area contributed by atoms with E-state index in [2.05, 4.69) is 5.32 Å². The van der Waals surface area contributed by atoms with Gasteiger partial charge in [0.25, 0.3) is 0 Å². The first kappa shape index (κ1) is 19.8. The van der Waals surface area contributed by atoms with Crippen LogP contribution in [0.5, 0.6) is 0 Å². The van der Waals surface area contributed by atoms with Crippen LogP contribution in [0.15, 0.2) is 60.7 Å². The summed E-state index contributed by atoms with van der Waals surface area (Å²) < 4.78 is 5.16. The molecule has 5 nitrogen and oxygen atoms in total. The summed E-state index contributed by atoms with van der Waals surface area (Å²) in [4.78, 5) is 24.0. The van der Waals surface area contributed by atoms with Gasteiger partial charge in [0.2, 0.25) is 0 Å². The van der Waals surface area contributed by atoms with E-state index in [0.29, 0.717) is 5.56 Å². The highest BCUT2D eigenvalue weighted by Gasteiger charge is 2.43. The standard InChI is InChI=1S/C19H17Cl2NO4/c1-2-7-16(23)26-12-19(18(24)25,13-8-4-3-5-9-13)22-17-14(20)10-6-11-15(17)21/h2-11,22H,12H2,1H3,(H,24,25). The molecule has 0 radical (unpaired) electrons. The third kappa shape index (κ3) is 4.36. The number of para-hydroxylation sites is 1. The molecule has 0 amide bonds. The number of allylic oxidation sites excluding steroid dienone is 1. The molecule has 2 N–H and O–H groups in total. The van der Waals surface area contributed by atoms with E-state index < -0.39 is 24.1 Å². The maximum atomic E-state index is 12.3. The highest BCUT2D eigenvalue weighted by molar-refractivity contribution is 6.39. The van der Waals surface area contributed by atoms with E-state index in [1.165, 1.54) is 12.2 Å². The molecule has 1 atom stereocenters. The summed E-state index contributed by atoms with van der Waals surface area (Å²) in [5.74, 6) is -1.89. The number of nitrogens with one attached hydrogen (secondary N) is 1. The van der Waals surface area contributed by atoms with E-state index in [9.17, 15) is 14.7 Å². The van der Waals surface area contributed by atoms with Gasteiger partial charge in [-0.1, -0.05) is 65.7 Å². The molecule has 0 spiro atoms. The van der Waals surface area contributed by atoms with Crippen molar-refractivity contribution in [2.75, 3.05) is 11.9 Å². The van der Waals surface area contributed by atoms with Crippen LogP contribution >= 0.6 is 23.2 Å². The molecule has 0 aliphatic carbocycles. The van der Waals surface area contributed by atoms with Crippen molar-refractivity contribution >= 4 is 40.8 Å². The van der Waals surface area contributed by atoms with Crippen molar-refractivity contribution in [1.29, 1.82) is 0 Å². The Kier molecular flexibility index (Phi) is 6.66. The largest absolute Gasteiger partial charge is 0.479 e. The minimum Gasteiger partial charge on any atom is -0.479 e. The summed E-state index contributed by atoms with van der Waals surface area (Å²) in [6.07, 6.45) is 2.71. The number of carbonyl (C=O) groups excluding carboxylic acids is 1. The van der Waals surface area contributed by atoms with E-state index in [4.69, 9.17) is 27.9 Å². The van der Waals surface area contributed by atoms with E-state index in [1.54, 1.807) is 55.5 Å². The molecule has 0 fully saturated rings. The van der Waals surface area contributed by atoms with Gasteiger partial charge in [-0.2, -0.15) is 0 Å².